The summed E-state index contributed by atoms with van der Waals surface area (Å²) in [7, 11) is 0. The van der Waals surface area contributed by atoms with Crippen molar-refractivity contribution in [2.75, 3.05) is 11.9 Å². The third kappa shape index (κ3) is 4.10. The molecule has 102 valence electrons. The molecule has 5 heteroatoms. The summed E-state index contributed by atoms with van der Waals surface area (Å²) >= 11 is 5.81. The molecule has 2 N–H and O–H groups in total. The first kappa shape index (κ1) is 14.1. The van der Waals surface area contributed by atoms with E-state index in [-0.39, 0.29) is 12.3 Å². The second-order valence-corrected chi connectivity index (χ2v) is 4.54. The van der Waals surface area contributed by atoms with Crippen LogP contribution in [0.3, 0.4) is 0 Å². The van der Waals surface area contributed by atoms with Crippen LogP contribution in [0.4, 0.5) is 10.5 Å². The van der Waals surface area contributed by atoms with Crippen LogP contribution in [-0.4, -0.2) is 18.4 Å². The van der Waals surface area contributed by atoms with Gasteiger partial charge in [0.25, 0.3) is 0 Å². The van der Waals surface area contributed by atoms with E-state index in [1.165, 1.54) is 0 Å². The number of hydrogen-bond acceptors (Lipinski definition) is 2. The predicted octanol–water partition coefficient (Wildman–Crippen LogP) is 3.34. The summed E-state index contributed by atoms with van der Waals surface area (Å²) in [5.41, 5.74) is 1.14. The minimum atomic E-state index is -0.424. The molecule has 4 nitrogen and oxygen atoms in total. The zero-order valence-corrected chi connectivity index (χ0v) is 11.4. The third-order valence-electron chi connectivity index (χ3n) is 2.59. The number of nitrogens with one attached hydrogen (secondary N) is 2. The number of rotatable bonds is 4. The molecule has 0 fully saturated rings. The molecule has 0 heterocycles. The smallest absolute Gasteiger partial charge is 0.319 e. The van der Waals surface area contributed by atoms with Gasteiger partial charge in [0.15, 0.2) is 5.78 Å². The van der Waals surface area contributed by atoms with E-state index in [0.717, 1.165) is 0 Å². The number of carbonyl (C=O) groups excluding carboxylic acids is 2. The lowest BCUT2D eigenvalue weighted by atomic mass is 10.1. The highest BCUT2D eigenvalue weighted by molar-refractivity contribution is 6.31. The van der Waals surface area contributed by atoms with Crippen LogP contribution in [-0.2, 0) is 0 Å². The number of urea groups is 1. The number of halogens is 1. The van der Waals surface area contributed by atoms with Gasteiger partial charge in [-0.2, -0.15) is 0 Å². The normalized spacial score (nSPS) is 9.85. The lowest BCUT2D eigenvalue weighted by Crippen LogP contribution is -2.33. The van der Waals surface area contributed by atoms with Crippen molar-refractivity contribution >= 4 is 29.1 Å². The van der Waals surface area contributed by atoms with Crippen molar-refractivity contribution in [3.05, 3.63) is 65.2 Å². The quantitative estimate of drug-likeness (QED) is 0.848. The summed E-state index contributed by atoms with van der Waals surface area (Å²) in [6, 6.07) is 15.2. The number of para-hydroxylation sites is 1. The van der Waals surface area contributed by atoms with E-state index in [1.54, 1.807) is 36.4 Å². The van der Waals surface area contributed by atoms with E-state index in [9.17, 15) is 9.59 Å². The van der Waals surface area contributed by atoms with E-state index in [0.29, 0.717) is 16.3 Å². The van der Waals surface area contributed by atoms with Crippen LogP contribution in [0.5, 0.6) is 0 Å². The number of amides is 2. The van der Waals surface area contributed by atoms with Crippen LogP contribution in [0.2, 0.25) is 5.02 Å². The maximum atomic E-state index is 11.9. The average molecular weight is 289 g/mol. The standard InChI is InChI=1S/C15H13ClN2O2/c16-12-6-4-5-11(9-12)14(19)10-17-15(20)18-13-7-2-1-3-8-13/h1-9H,10H2,(H2,17,18,20). The van der Waals surface area contributed by atoms with Crippen molar-refractivity contribution in [1.82, 2.24) is 5.32 Å². The van der Waals surface area contributed by atoms with Gasteiger partial charge in [-0.05, 0) is 24.3 Å². The average Bonchev–Trinajstić information content (AvgIpc) is 2.46. The highest BCUT2D eigenvalue weighted by atomic mass is 35.5. The molecule has 0 aliphatic carbocycles. The van der Waals surface area contributed by atoms with Crippen molar-refractivity contribution < 1.29 is 9.59 Å². The first-order valence-electron chi connectivity index (χ1n) is 6.04. The van der Waals surface area contributed by atoms with Crippen LogP contribution in [0.15, 0.2) is 54.6 Å². The number of carbonyl (C=O) groups is 2. The van der Waals surface area contributed by atoms with E-state index in [2.05, 4.69) is 10.6 Å². The number of benzene rings is 2. The first-order valence-corrected chi connectivity index (χ1v) is 6.41. The summed E-state index contributed by atoms with van der Waals surface area (Å²) < 4.78 is 0. The zero-order chi connectivity index (χ0) is 14.4. The van der Waals surface area contributed by atoms with Crippen molar-refractivity contribution in [3.63, 3.8) is 0 Å². The Morgan fingerprint density at radius 1 is 1.00 bits per heavy atom. The van der Waals surface area contributed by atoms with Crippen LogP contribution < -0.4 is 10.6 Å². The van der Waals surface area contributed by atoms with Gasteiger partial charge in [0.2, 0.25) is 0 Å². The molecule has 2 aromatic carbocycles. The van der Waals surface area contributed by atoms with E-state index in [4.69, 9.17) is 11.6 Å². The fourth-order valence-corrected chi connectivity index (χ4v) is 1.81. The van der Waals surface area contributed by atoms with Crippen LogP contribution >= 0.6 is 11.6 Å². The molecule has 0 aliphatic heterocycles. The Morgan fingerprint density at radius 2 is 1.75 bits per heavy atom. The second kappa shape index (κ2) is 6.73. The van der Waals surface area contributed by atoms with E-state index < -0.39 is 6.03 Å². The fourth-order valence-electron chi connectivity index (χ4n) is 1.62. The molecule has 0 aromatic heterocycles. The predicted molar refractivity (Wildman–Crippen MR) is 79.2 cm³/mol. The number of hydrogen-bond donors (Lipinski definition) is 2. The van der Waals surface area contributed by atoms with Crippen molar-refractivity contribution in [3.8, 4) is 0 Å². The topological polar surface area (TPSA) is 58.2 Å². The number of Topliss-reactive ketones (excluding diaryl/α,β-unsaturated/α-hetero) is 1. The molecule has 0 unspecified atom stereocenters. The lowest BCUT2D eigenvalue weighted by molar-refractivity contribution is 0.0993. The van der Waals surface area contributed by atoms with Gasteiger partial charge in [-0.25, -0.2) is 4.79 Å². The molecule has 2 amide bonds. The summed E-state index contributed by atoms with van der Waals surface area (Å²) in [5.74, 6) is -0.198. The molecule has 2 aromatic rings. The Morgan fingerprint density at radius 3 is 2.45 bits per heavy atom. The summed E-state index contributed by atoms with van der Waals surface area (Å²) in [4.78, 5) is 23.5. The number of ketones is 1. The monoisotopic (exact) mass is 288 g/mol. The summed E-state index contributed by atoms with van der Waals surface area (Å²) in [6.07, 6.45) is 0. The number of anilines is 1. The maximum Gasteiger partial charge on any atom is 0.319 e. The Labute approximate surface area is 121 Å². The molecule has 0 radical (unpaired) electrons. The van der Waals surface area contributed by atoms with Gasteiger partial charge in [-0.3, -0.25) is 4.79 Å². The van der Waals surface area contributed by atoms with Crippen LogP contribution in [0.25, 0.3) is 0 Å². The van der Waals surface area contributed by atoms with Crippen molar-refractivity contribution in [2.24, 2.45) is 0 Å². The molecule has 20 heavy (non-hydrogen) atoms. The molecule has 2 rings (SSSR count). The highest BCUT2D eigenvalue weighted by Gasteiger charge is 2.08. The second-order valence-electron chi connectivity index (χ2n) is 4.11. The molecule has 0 saturated carbocycles. The van der Waals surface area contributed by atoms with Crippen molar-refractivity contribution in [1.29, 1.82) is 0 Å². The molecule has 0 saturated heterocycles. The molecular weight excluding hydrogens is 276 g/mol. The van der Waals surface area contributed by atoms with Gasteiger partial charge >= 0.3 is 6.03 Å². The van der Waals surface area contributed by atoms with Gasteiger partial charge in [0.05, 0.1) is 6.54 Å². The van der Waals surface area contributed by atoms with E-state index in [1.807, 2.05) is 18.2 Å². The largest absolute Gasteiger partial charge is 0.330 e. The maximum absolute atomic E-state index is 11.9. The van der Waals surface area contributed by atoms with Crippen molar-refractivity contribution in [2.45, 2.75) is 0 Å². The molecule has 0 bridgehead atoms. The fraction of sp³-hybridized carbons (Fsp3) is 0.0667. The van der Waals surface area contributed by atoms with Gasteiger partial charge in [-0.15, -0.1) is 0 Å². The minimum absolute atomic E-state index is 0.0843. The van der Waals surface area contributed by atoms with Crippen LogP contribution in [0, 0.1) is 0 Å². The molecule has 0 aliphatic rings. The van der Waals surface area contributed by atoms with Gasteiger partial charge in [0, 0.05) is 16.3 Å². The third-order valence-corrected chi connectivity index (χ3v) is 2.82. The molecule has 0 atom stereocenters. The highest BCUT2D eigenvalue weighted by Crippen LogP contribution is 2.11. The van der Waals surface area contributed by atoms with Crippen LogP contribution in [0.1, 0.15) is 10.4 Å². The molecular formula is C15H13ClN2O2. The Hall–Kier alpha value is -2.33. The van der Waals surface area contributed by atoms with Gasteiger partial charge in [-0.1, -0.05) is 41.9 Å². The minimum Gasteiger partial charge on any atom is -0.330 e. The van der Waals surface area contributed by atoms with Gasteiger partial charge < -0.3 is 10.6 Å². The molecule has 0 spiro atoms. The lowest BCUT2D eigenvalue weighted by Gasteiger charge is -2.07. The Kier molecular flexibility index (Phi) is 4.74. The SMILES string of the molecule is O=C(NCC(=O)c1cccc(Cl)c1)Nc1ccccc1. The zero-order valence-electron chi connectivity index (χ0n) is 10.6. The summed E-state index contributed by atoms with van der Waals surface area (Å²) in [5, 5.41) is 5.63. The Balaban J connectivity index is 1.86. The Bertz CT molecular complexity index is 614. The van der Waals surface area contributed by atoms with E-state index >= 15 is 0 Å². The first-order chi connectivity index (χ1) is 9.65. The van der Waals surface area contributed by atoms with Gasteiger partial charge in [0.1, 0.15) is 0 Å². The summed E-state index contributed by atoms with van der Waals surface area (Å²) in [6.45, 7) is -0.0843.